The second kappa shape index (κ2) is 5.18. The minimum atomic E-state index is -1.01. The molecule has 2 atom stereocenters. The third-order valence-electron chi connectivity index (χ3n) is 3.07. The topological polar surface area (TPSA) is 107 Å². The van der Waals surface area contributed by atoms with Crippen molar-refractivity contribution in [3.8, 4) is 0 Å². The first-order chi connectivity index (χ1) is 8.61. The largest absolute Gasteiger partial charge is 0.480 e. The van der Waals surface area contributed by atoms with Gasteiger partial charge in [-0.25, -0.2) is 9.78 Å². The maximum Gasteiger partial charge on any atom is 0.326 e. The van der Waals surface area contributed by atoms with Gasteiger partial charge in [0.2, 0.25) is 5.91 Å². The highest BCUT2D eigenvalue weighted by Gasteiger charge is 2.28. The van der Waals surface area contributed by atoms with Crippen LogP contribution in [0.15, 0.2) is 6.33 Å². The number of rotatable bonds is 4. The first-order valence-corrected chi connectivity index (χ1v) is 5.89. The Hall–Kier alpha value is -1.89. The molecule has 0 radical (unpaired) electrons. The average Bonchev–Trinajstić information content (AvgIpc) is 2.82. The predicted octanol–water partition coefficient (Wildman–Crippen LogP) is -0.597. The fraction of sp³-hybridized carbons (Fsp3) is 0.545. The van der Waals surface area contributed by atoms with Gasteiger partial charge in [0.1, 0.15) is 6.04 Å². The minimum Gasteiger partial charge on any atom is -0.480 e. The Morgan fingerprint density at radius 3 is 3.11 bits per heavy atom. The van der Waals surface area contributed by atoms with Crippen molar-refractivity contribution < 1.29 is 14.7 Å². The molecule has 98 valence electrons. The summed E-state index contributed by atoms with van der Waals surface area (Å²) in [6, 6.07) is -1.26. The van der Waals surface area contributed by atoms with E-state index in [9.17, 15) is 9.59 Å². The van der Waals surface area contributed by atoms with Crippen LogP contribution in [0.3, 0.4) is 0 Å². The Morgan fingerprint density at radius 1 is 1.67 bits per heavy atom. The fourth-order valence-corrected chi connectivity index (χ4v) is 1.97. The SMILES string of the molecule is CCC(NC(=O)C1Cc2nc[nH]c2CN1)C(=O)O. The molecular formula is C11H16N4O3. The zero-order valence-electron chi connectivity index (χ0n) is 10.1. The lowest BCUT2D eigenvalue weighted by Gasteiger charge is -2.23. The summed E-state index contributed by atoms with van der Waals surface area (Å²) in [5.74, 6) is -1.31. The number of hydrogen-bond donors (Lipinski definition) is 4. The second-order valence-electron chi connectivity index (χ2n) is 4.27. The van der Waals surface area contributed by atoms with Crippen molar-refractivity contribution in [2.45, 2.75) is 38.4 Å². The molecule has 0 aromatic carbocycles. The molecule has 1 aromatic heterocycles. The molecule has 2 rings (SSSR count). The van der Waals surface area contributed by atoms with Gasteiger partial charge in [-0.15, -0.1) is 0 Å². The summed E-state index contributed by atoms with van der Waals surface area (Å²) in [4.78, 5) is 29.9. The molecule has 0 bridgehead atoms. The molecule has 0 saturated heterocycles. The number of hydrogen-bond acceptors (Lipinski definition) is 4. The van der Waals surface area contributed by atoms with Crippen molar-refractivity contribution in [2.24, 2.45) is 0 Å². The molecule has 0 aliphatic carbocycles. The average molecular weight is 252 g/mol. The van der Waals surface area contributed by atoms with Crippen molar-refractivity contribution >= 4 is 11.9 Å². The van der Waals surface area contributed by atoms with Crippen molar-refractivity contribution in [2.75, 3.05) is 0 Å². The molecule has 2 unspecified atom stereocenters. The highest BCUT2D eigenvalue weighted by atomic mass is 16.4. The van der Waals surface area contributed by atoms with Gasteiger partial charge in [-0.2, -0.15) is 0 Å². The summed E-state index contributed by atoms with van der Waals surface area (Å²) in [5, 5.41) is 14.5. The summed E-state index contributed by atoms with van der Waals surface area (Å²) < 4.78 is 0. The molecule has 0 fully saturated rings. The van der Waals surface area contributed by atoms with E-state index in [-0.39, 0.29) is 5.91 Å². The van der Waals surface area contributed by atoms with Crippen molar-refractivity contribution in [3.05, 3.63) is 17.7 Å². The zero-order chi connectivity index (χ0) is 13.1. The summed E-state index contributed by atoms with van der Waals surface area (Å²) in [5.41, 5.74) is 1.83. The number of amides is 1. The third kappa shape index (κ3) is 2.51. The number of nitrogens with zero attached hydrogens (tertiary/aromatic N) is 1. The lowest BCUT2D eigenvalue weighted by molar-refractivity contribution is -0.142. The molecule has 1 amide bonds. The summed E-state index contributed by atoms with van der Waals surface area (Å²) in [6.07, 6.45) is 2.43. The van der Waals surface area contributed by atoms with Gasteiger partial charge in [0.25, 0.3) is 0 Å². The van der Waals surface area contributed by atoms with Crippen LogP contribution < -0.4 is 10.6 Å². The molecule has 7 nitrogen and oxygen atoms in total. The molecule has 1 aliphatic rings. The van der Waals surface area contributed by atoms with Crippen LogP contribution in [-0.4, -0.2) is 39.0 Å². The zero-order valence-corrected chi connectivity index (χ0v) is 10.1. The fourth-order valence-electron chi connectivity index (χ4n) is 1.97. The first-order valence-electron chi connectivity index (χ1n) is 5.89. The van der Waals surface area contributed by atoms with E-state index in [0.717, 1.165) is 11.4 Å². The Morgan fingerprint density at radius 2 is 2.44 bits per heavy atom. The van der Waals surface area contributed by atoms with Crippen molar-refractivity contribution in [1.82, 2.24) is 20.6 Å². The number of aliphatic carboxylic acids is 1. The van der Waals surface area contributed by atoms with Gasteiger partial charge >= 0.3 is 5.97 Å². The standard InChI is InChI=1S/C11H16N4O3/c1-2-6(11(17)18)15-10(16)8-3-7-9(4-12-8)14-5-13-7/h5-6,8,12H,2-4H2,1H3,(H,13,14)(H,15,16)(H,17,18). The lowest BCUT2D eigenvalue weighted by atomic mass is 10.0. The summed E-state index contributed by atoms with van der Waals surface area (Å²) in [7, 11) is 0. The number of carboxylic acid groups (broad SMARTS) is 1. The summed E-state index contributed by atoms with van der Waals surface area (Å²) >= 11 is 0. The van der Waals surface area contributed by atoms with Crippen LogP contribution in [0, 0.1) is 0 Å². The summed E-state index contributed by atoms with van der Waals surface area (Å²) in [6.45, 7) is 2.26. The number of aromatic nitrogens is 2. The highest BCUT2D eigenvalue weighted by Crippen LogP contribution is 2.12. The number of carbonyl (C=O) groups is 2. The number of carbonyl (C=O) groups excluding carboxylic acids is 1. The molecule has 2 heterocycles. The number of H-pyrrole nitrogens is 1. The number of fused-ring (bicyclic) bond motifs is 1. The molecule has 4 N–H and O–H groups in total. The molecule has 18 heavy (non-hydrogen) atoms. The van der Waals surface area contributed by atoms with E-state index in [1.165, 1.54) is 0 Å². The van der Waals surface area contributed by atoms with Gasteiger partial charge in [0.05, 0.1) is 23.8 Å². The number of carboxylic acids is 1. The van der Waals surface area contributed by atoms with Crippen LogP contribution in [0.5, 0.6) is 0 Å². The van der Waals surface area contributed by atoms with Gasteiger partial charge in [-0.05, 0) is 6.42 Å². The van der Waals surface area contributed by atoms with Gasteiger partial charge in [-0.3, -0.25) is 10.1 Å². The monoisotopic (exact) mass is 252 g/mol. The number of imidazole rings is 1. The minimum absolute atomic E-state index is 0.294. The molecule has 1 aliphatic heterocycles. The van der Waals surface area contributed by atoms with E-state index >= 15 is 0 Å². The van der Waals surface area contributed by atoms with E-state index in [2.05, 4.69) is 20.6 Å². The number of aromatic amines is 1. The number of nitrogens with one attached hydrogen (secondary N) is 3. The maximum absolute atomic E-state index is 11.9. The van der Waals surface area contributed by atoms with Crippen LogP contribution in [0.2, 0.25) is 0 Å². The van der Waals surface area contributed by atoms with Gasteiger partial charge in [0.15, 0.2) is 0 Å². The smallest absolute Gasteiger partial charge is 0.326 e. The van der Waals surface area contributed by atoms with Crippen LogP contribution >= 0.6 is 0 Å². The Bertz CT molecular complexity index is 457. The molecule has 0 spiro atoms. The van der Waals surface area contributed by atoms with Crippen LogP contribution in [0.1, 0.15) is 24.7 Å². The molecular weight excluding hydrogens is 236 g/mol. The van der Waals surface area contributed by atoms with Crippen LogP contribution in [0.25, 0.3) is 0 Å². The first kappa shape index (κ1) is 12.6. The van der Waals surface area contributed by atoms with E-state index in [4.69, 9.17) is 5.11 Å². The van der Waals surface area contributed by atoms with Crippen LogP contribution in [-0.2, 0) is 22.6 Å². The van der Waals surface area contributed by atoms with E-state index in [1.54, 1.807) is 13.3 Å². The van der Waals surface area contributed by atoms with E-state index < -0.39 is 18.1 Å². The quantitative estimate of drug-likeness (QED) is 0.572. The van der Waals surface area contributed by atoms with Crippen molar-refractivity contribution in [1.29, 1.82) is 0 Å². The second-order valence-corrected chi connectivity index (χ2v) is 4.27. The Labute approximate surface area is 104 Å². The van der Waals surface area contributed by atoms with Crippen LogP contribution in [0.4, 0.5) is 0 Å². The normalized spacial score (nSPS) is 19.9. The third-order valence-corrected chi connectivity index (χ3v) is 3.07. The molecule has 7 heteroatoms. The predicted molar refractivity (Wildman–Crippen MR) is 62.8 cm³/mol. The molecule has 0 saturated carbocycles. The molecule has 1 aromatic rings. The Balaban J connectivity index is 1.97. The Kier molecular flexibility index (Phi) is 3.61. The van der Waals surface area contributed by atoms with Gasteiger partial charge in [0, 0.05) is 13.0 Å². The maximum atomic E-state index is 11.9. The van der Waals surface area contributed by atoms with Gasteiger partial charge < -0.3 is 15.4 Å². The van der Waals surface area contributed by atoms with E-state index in [0.29, 0.717) is 19.4 Å². The highest BCUT2D eigenvalue weighted by molar-refractivity contribution is 5.87. The van der Waals surface area contributed by atoms with E-state index in [1.807, 2.05) is 0 Å². The van der Waals surface area contributed by atoms with Crippen molar-refractivity contribution in [3.63, 3.8) is 0 Å². The lowest BCUT2D eigenvalue weighted by Crippen LogP contribution is -2.52. The van der Waals surface area contributed by atoms with Gasteiger partial charge in [-0.1, -0.05) is 6.92 Å².